The quantitative estimate of drug-likeness (QED) is 0.864. The van der Waals surface area contributed by atoms with E-state index in [4.69, 9.17) is 16.0 Å². The van der Waals surface area contributed by atoms with Crippen LogP contribution in [0.1, 0.15) is 12.8 Å². The van der Waals surface area contributed by atoms with E-state index in [1.807, 2.05) is 4.90 Å². The zero-order valence-electron chi connectivity index (χ0n) is 14.6. The summed E-state index contributed by atoms with van der Waals surface area (Å²) in [4.78, 5) is 29.1. The van der Waals surface area contributed by atoms with Crippen LogP contribution in [-0.2, 0) is 11.3 Å². The third-order valence-electron chi connectivity index (χ3n) is 5.36. The van der Waals surface area contributed by atoms with Crippen LogP contribution in [0.25, 0.3) is 11.1 Å². The van der Waals surface area contributed by atoms with Gasteiger partial charge in [0.1, 0.15) is 0 Å². The first-order valence-electron chi connectivity index (χ1n) is 9.13. The van der Waals surface area contributed by atoms with Crippen molar-refractivity contribution in [1.29, 1.82) is 0 Å². The smallest absolute Gasteiger partial charge is 0.408 e. The zero-order chi connectivity index (χ0) is 18.1. The zero-order valence-corrected chi connectivity index (χ0v) is 15.4. The number of hydrogen-bond donors (Lipinski definition) is 1. The van der Waals surface area contributed by atoms with E-state index in [0.29, 0.717) is 35.1 Å². The Kier molecular flexibility index (Phi) is 5.02. The molecule has 1 amide bonds. The van der Waals surface area contributed by atoms with Gasteiger partial charge < -0.3 is 14.6 Å². The predicted molar refractivity (Wildman–Crippen MR) is 99.5 cm³/mol. The van der Waals surface area contributed by atoms with Gasteiger partial charge in [0.2, 0.25) is 5.91 Å². The summed E-state index contributed by atoms with van der Waals surface area (Å²) in [6.45, 7) is 6.04. The largest absolute Gasteiger partial charge is 0.419 e. The Morgan fingerprint density at radius 3 is 2.88 bits per heavy atom. The second-order valence-corrected chi connectivity index (χ2v) is 7.39. The van der Waals surface area contributed by atoms with Crippen molar-refractivity contribution in [2.75, 3.05) is 39.3 Å². The summed E-state index contributed by atoms with van der Waals surface area (Å²) in [5, 5.41) is 3.88. The number of likely N-dealkylation sites (tertiary alicyclic amines) is 1. The number of halogens is 1. The molecule has 2 saturated heterocycles. The molecule has 1 aromatic carbocycles. The molecule has 1 aromatic heterocycles. The van der Waals surface area contributed by atoms with Gasteiger partial charge in [0.25, 0.3) is 0 Å². The number of nitrogens with zero attached hydrogens (tertiary/aromatic N) is 3. The molecule has 1 atom stereocenters. The highest BCUT2D eigenvalue weighted by atomic mass is 35.5. The highest BCUT2D eigenvalue weighted by Gasteiger charge is 2.30. The van der Waals surface area contributed by atoms with Crippen LogP contribution < -0.4 is 11.1 Å². The molecule has 4 rings (SSSR count). The number of aryl methyl sites for hydroxylation is 1. The lowest BCUT2D eigenvalue weighted by atomic mass is 10.2. The lowest BCUT2D eigenvalue weighted by molar-refractivity contribution is -0.130. The molecule has 0 radical (unpaired) electrons. The van der Waals surface area contributed by atoms with E-state index in [0.717, 1.165) is 45.7 Å². The van der Waals surface area contributed by atoms with Crippen molar-refractivity contribution in [1.82, 2.24) is 19.7 Å². The summed E-state index contributed by atoms with van der Waals surface area (Å²) >= 11 is 5.93. The van der Waals surface area contributed by atoms with Crippen LogP contribution in [0.2, 0.25) is 5.02 Å². The number of amides is 1. The number of nitrogens with one attached hydrogen (secondary N) is 1. The topological polar surface area (TPSA) is 70.7 Å². The molecule has 1 unspecified atom stereocenters. The fourth-order valence-corrected chi connectivity index (χ4v) is 4.09. The molecular weight excluding hydrogens is 356 g/mol. The minimum atomic E-state index is -0.449. The van der Waals surface area contributed by atoms with Crippen LogP contribution in [0.4, 0.5) is 0 Å². The third kappa shape index (κ3) is 3.51. The van der Waals surface area contributed by atoms with Crippen molar-refractivity contribution in [2.24, 2.45) is 0 Å². The molecule has 2 fully saturated rings. The van der Waals surface area contributed by atoms with Crippen LogP contribution in [0.15, 0.2) is 27.4 Å². The van der Waals surface area contributed by atoms with Gasteiger partial charge in [-0.05, 0) is 18.6 Å². The van der Waals surface area contributed by atoms with E-state index in [2.05, 4.69) is 10.2 Å². The highest BCUT2D eigenvalue weighted by molar-refractivity contribution is 6.31. The first-order valence-corrected chi connectivity index (χ1v) is 9.51. The minimum Gasteiger partial charge on any atom is -0.408 e. The Bertz CT molecular complexity index is 856. The van der Waals surface area contributed by atoms with Crippen molar-refractivity contribution < 1.29 is 9.21 Å². The van der Waals surface area contributed by atoms with Gasteiger partial charge in [0.15, 0.2) is 5.58 Å². The molecule has 140 valence electrons. The lowest BCUT2D eigenvalue weighted by Crippen LogP contribution is -2.49. The Labute approximate surface area is 156 Å². The van der Waals surface area contributed by atoms with Gasteiger partial charge in [0.05, 0.1) is 5.52 Å². The lowest BCUT2D eigenvalue weighted by Gasteiger charge is -2.32. The predicted octanol–water partition coefficient (Wildman–Crippen LogP) is 1.14. The average Bonchev–Trinajstić information content (AvgIpc) is 3.25. The molecule has 2 aromatic rings. The Morgan fingerprint density at radius 1 is 1.27 bits per heavy atom. The number of aromatic nitrogens is 1. The number of carbonyl (C=O) groups is 1. The fraction of sp³-hybridized carbons (Fsp3) is 0.556. The van der Waals surface area contributed by atoms with Crippen molar-refractivity contribution >= 4 is 28.6 Å². The maximum atomic E-state index is 12.6. The second-order valence-electron chi connectivity index (χ2n) is 6.95. The summed E-state index contributed by atoms with van der Waals surface area (Å²) in [6, 6.07) is 5.55. The molecule has 3 heterocycles. The first-order chi connectivity index (χ1) is 12.6. The molecule has 8 heteroatoms. The van der Waals surface area contributed by atoms with Crippen molar-refractivity contribution in [2.45, 2.75) is 25.4 Å². The number of oxazole rings is 1. The highest BCUT2D eigenvalue weighted by Crippen LogP contribution is 2.20. The number of benzene rings is 1. The molecule has 0 aliphatic carbocycles. The average molecular weight is 379 g/mol. The monoisotopic (exact) mass is 378 g/mol. The van der Waals surface area contributed by atoms with Crippen molar-refractivity contribution in [3.8, 4) is 0 Å². The molecule has 7 nitrogen and oxygen atoms in total. The van der Waals surface area contributed by atoms with Gasteiger partial charge >= 0.3 is 5.76 Å². The number of hydrogen-bond acceptors (Lipinski definition) is 5. The molecule has 0 bridgehead atoms. The normalized spacial score (nSPS) is 21.6. The Hall–Kier alpha value is -1.83. The maximum absolute atomic E-state index is 12.6. The first kappa shape index (κ1) is 17.6. The summed E-state index contributed by atoms with van der Waals surface area (Å²) in [7, 11) is 0. The number of rotatable bonds is 4. The van der Waals surface area contributed by atoms with E-state index in [1.54, 1.807) is 18.2 Å². The van der Waals surface area contributed by atoms with E-state index in [1.165, 1.54) is 4.57 Å². The third-order valence-corrected chi connectivity index (χ3v) is 5.60. The SMILES string of the molecule is O=C(CCn1c(=O)oc2cc(Cl)ccc21)N1CCC(N2CCNCC2)C1. The molecule has 1 N–H and O–H groups in total. The molecule has 2 aliphatic rings. The summed E-state index contributed by atoms with van der Waals surface area (Å²) in [5.74, 6) is -0.354. The van der Waals surface area contributed by atoms with E-state index >= 15 is 0 Å². The molecule has 26 heavy (non-hydrogen) atoms. The number of fused-ring (bicyclic) bond motifs is 1. The fourth-order valence-electron chi connectivity index (χ4n) is 3.93. The van der Waals surface area contributed by atoms with Gasteiger partial charge in [-0.15, -0.1) is 0 Å². The van der Waals surface area contributed by atoms with E-state index in [9.17, 15) is 9.59 Å². The molecule has 0 saturated carbocycles. The standard InChI is InChI=1S/C18H23ClN4O3/c19-13-1-2-15-16(11-13)26-18(25)23(15)8-4-17(24)22-7-3-14(12-22)21-9-5-20-6-10-21/h1-2,11,14,20H,3-10,12H2. The maximum Gasteiger partial charge on any atom is 0.419 e. The van der Waals surface area contributed by atoms with Crippen LogP contribution >= 0.6 is 11.6 Å². The van der Waals surface area contributed by atoms with Crippen LogP contribution in [0.3, 0.4) is 0 Å². The number of piperazine rings is 1. The van der Waals surface area contributed by atoms with Gasteiger partial charge in [-0.25, -0.2) is 4.79 Å². The van der Waals surface area contributed by atoms with E-state index in [-0.39, 0.29) is 5.91 Å². The summed E-state index contributed by atoms with van der Waals surface area (Å²) in [6.07, 6.45) is 1.32. The van der Waals surface area contributed by atoms with Gasteiger partial charge in [-0.2, -0.15) is 0 Å². The molecule has 2 aliphatic heterocycles. The van der Waals surface area contributed by atoms with Gasteiger partial charge in [-0.1, -0.05) is 11.6 Å². The van der Waals surface area contributed by atoms with Crippen LogP contribution in [-0.4, -0.2) is 65.6 Å². The summed E-state index contributed by atoms with van der Waals surface area (Å²) < 4.78 is 6.73. The van der Waals surface area contributed by atoms with Gasteiger partial charge in [-0.3, -0.25) is 14.3 Å². The Balaban J connectivity index is 1.37. The van der Waals surface area contributed by atoms with Crippen LogP contribution in [0.5, 0.6) is 0 Å². The Morgan fingerprint density at radius 2 is 2.08 bits per heavy atom. The minimum absolute atomic E-state index is 0.0952. The summed E-state index contributed by atoms with van der Waals surface area (Å²) in [5.41, 5.74) is 1.13. The molecular formula is C18H23ClN4O3. The second kappa shape index (κ2) is 7.42. The van der Waals surface area contributed by atoms with Gasteiger partial charge in [0, 0.05) is 69.4 Å². The van der Waals surface area contributed by atoms with Crippen LogP contribution in [0, 0.1) is 0 Å². The van der Waals surface area contributed by atoms with Crippen molar-refractivity contribution in [3.63, 3.8) is 0 Å². The number of carbonyl (C=O) groups excluding carboxylic acids is 1. The van der Waals surface area contributed by atoms with E-state index < -0.39 is 5.76 Å². The molecule has 0 spiro atoms. The van der Waals surface area contributed by atoms with Crippen molar-refractivity contribution in [3.05, 3.63) is 33.8 Å².